The number of hydrogen-bond donors (Lipinski definition) is 0. The van der Waals surface area contributed by atoms with Crippen molar-refractivity contribution in [2.24, 2.45) is 0 Å². The van der Waals surface area contributed by atoms with Gasteiger partial charge in [0.05, 0.1) is 47.0 Å². The van der Waals surface area contributed by atoms with Crippen LogP contribution in [0.1, 0.15) is 17.0 Å². The van der Waals surface area contributed by atoms with Crippen LogP contribution in [-0.2, 0) is 24.1 Å². The molecule has 0 unspecified atom stereocenters. The molecule has 0 bridgehead atoms. The van der Waals surface area contributed by atoms with Gasteiger partial charge in [0, 0.05) is 11.6 Å². The van der Waals surface area contributed by atoms with Crippen LogP contribution < -0.4 is 0 Å². The maximum Gasteiger partial charge on any atom is 0.416 e. The van der Waals surface area contributed by atoms with Gasteiger partial charge in [-0.1, -0.05) is 48.5 Å². The third-order valence-corrected chi connectivity index (χ3v) is 6.05. The predicted octanol–water partition coefficient (Wildman–Crippen LogP) is 5.80. The molecule has 0 radical (unpaired) electrons. The Bertz CT molecular complexity index is 1720. The van der Waals surface area contributed by atoms with Crippen molar-refractivity contribution in [1.82, 2.24) is 34.7 Å². The molecule has 11 heteroatoms. The molecule has 194 valence electrons. The van der Waals surface area contributed by atoms with Crippen molar-refractivity contribution in [2.45, 2.75) is 19.4 Å². The first kappa shape index (κ1) is 24.4. The Balaban J connectivity index is 1.36. The highest BCUT2D eigenvalue weighted by Gasteiger charge is 2.30. The zero-order valence-corrected chi connectivity index (χ0v) is 20.3. The fraction of sp³-hybridized carbons (Fsp3) is 0.107. The van der Waals surface area contributed by atoms with Gasteiger partial charge < -0.3 is 4.74 Å². The number of aromatic nitrogens is 7. The Morgan fingerprint density at radius 1 is 0.821 bits per heavy atom. The molecule has 0 fully saturated rings. The standard InChI is InChI=1S/C28H20F3N7O/c29-28(30,31)21-10-12-22(13-11-21)37-16-20(14-33-37)27-34-26(18-39-17-19-6-2-1-3-7-19)36-38(27)25-15-32-35-24-9-5-4-8-23(24)25/h1-16H,17-18H2. The van der Waals surface area contributed by atoms with E-state index in [0.717, 1.165) is 23.1 Å². The maximum absolute atomic E-state index is 13.0. The molecule has 0 saturated heterocycles. The van der Waals surface area contributed by atoms with Crippen LogP contribution >= 0.6 is 0 Å². The summed E-state index contributed by atoms with van der Waals surface area (Å²) in [6, 6.07) is 22.1. The van der Waals surface area contributed by atoms with Crippen LogP contribution in [0.5, 0.6) is 0 Å². The molecule has 6 aromatic rings. The number of benzene rings is 3. The Kier molecular flexibility index (Phi) is 6.33. The lowest BCUT2D eigenvalue weighted by Crippen LogP contribution is -2.05. The second-order valence-electron chi connectivity index (χ2n) is 8.71. The van der Waals surface area contributed by atoms with Gasteiger partial charge in [-0.15, -0.1) is 5.10 Å². The summed E-state index contributed by atoms with van der Waals surface area (Å²) in [7, 11) is 0. The van der Waals surface area contributed by atoms with Gasteiger partial charge in [0.25, 0.3) is 0 Å². The number of ether oxygens (including phenoxy) is 1. The third-order valence-electron chi connectivity index (χ3n) is 6.05. The molecular weight excluding hydrogens is 507 g/mol. The molecule has 0 aliphatic carbocycles. The highest BCUT2D eigenvalue weighted by Crippen LogP contribution is 2.30. The number of halogens is 3. The largest absolute Gasteiger partial charge is 0.416 e. The molecule has 3 aromatic carbocycles. The maximum atomic E-state index is 13.0. The summed E-state index contributed by atoms with van der Waals surface area (Å²) in [4.78, 5) is 4.72. The normalized spacial score (nSPS) is 11.8. The van der Waals surface area contributed by atoms with E-state index in [1.54, 1.807) is 23.3 Å². The molecule has 6 rings (SSSR count). The van der Waals surface area contributed by atoms with E-state index >= 15 is 0 Å². The van der Waals surface area contributed by atoms with E-state index in [1.807, 2.05) is 54.6 Å². The van der Waals surface area contributed by atoms with Gasteiger partial charge in [-0.2, -0.15) is 28.5 Å². The van der Waals surface area contributed by atoms with Gasteiger partial charge in [-0.25, -0.2) is 14.3 Å². The topological polar surface area (TPSA) is 83.5 Å². The summed E-state index contributed by atoms with van der Waals surface area (Å²) < 4.78 is 48.0. The first-order valence-corrected chi connectivity index (χ1v) is 12.0. The predicted molar refractivity (Wildman–Crippen MR) is 137 cm³/mol. The zero-order chi connectivity index (χ0) is 26.8. The summed E-state index contributed by atoms with van der Waals surface area (Å²) in [5.74, 6) is 0.925. The summed E-state index contributed by atoms with van der Waals surface area (Å²) in [6.45, 7) is 0.564. The number of rotatable bonds is 7. The molecule has 0 spiro atoms. The minimum atomic E-state index is -4.41. The summed E-state index contributed by atoms with van der Waals surface area (Å²) >= 11 is 0. The number of nitrogens with zero attached hydrogens (tertiary/aromatic N) is 7. The first-order valence-electron chi connectivity index (χ1n) is 12.0. The van der Waals surface area contributed by atoms with Crippen LogP contribution in [-0.4, -0.2) is 34.7 Å². The fourth-order valence-electron chi connectivity index (χ4n) is 4.15. The van der Waals surface area contributed by atoms with Gasteiger partial charge in [0.15, 0.2) is 11.6 Å². The molecular formula is C28H20F3N7O. The molecule has 0 atom stereocenters. The van der Waals surface area contributed by atoms with Crippen LogP contribution in [0.25, 0.3) is 33.7 Å². The Morgan fingerprint density at radius 2 is 1.59 bits per heavy atom. The number of hydrogen-bond acceptors (Lipinski definition) is 6. The average Bonchev–Trinajstić information content (AvgIpc) is 3.61. The quantitative estimate of drug-likeness (QED) is 0.261. The highest BCUT2D eigenvalue weighted by molar-refractivity contribution is 5.86. The molecule has 0 saturated carbocycles. The van der Waals surface area contributed by atoms with Crippen LogP contribution in [0.3, 0.4) is 0 Å². The smallest absolute Gasteiger partial charge is 0.369 e. The lowest BCUT2D eigenvalue weighted by Gasteiger charge is -2.08. The van der Waals surface area contributed by atoms with Crippen molar-refractivity contribution in [3.63, 3.8) is 0 Å². The van der Waals surface area contributed by atoms with Gasteiger partial charge in [-0.05, 0) is 35.9 Å². The molecule has 3 aromatic heterocycles. The molecule has 39 heavy (non-hydrogen) atoms. The van der Waals surface area contributed by atoms with E-state index in [0.29, 0.717) is 40.7 Å². The monoisotopic (exact) mass is 527 g/mol. The Morgan fingerprint density at radius 3 is 2.38 bits per heavy atom. The van der Waals surface area contributed by atoms with Crippen molar-refractivity contribution < 1.29 is 17.9 Å². The number of fused-ring (bicyclic) bond motifs is 1. The van der Waals surface area contributed by atoms with Crippen LogP contribution in [0, 0.1) is 0 Å². The van der Waals surface area contributed by atoms with Crippen molar-refractivity contribution in [1.29, 1.82) is 0 Å². The van der Waals surface area contributed by atoms with Crippen molar-refractivity contribution in [3.05, 3.63) is 114 Å². The van der Waals surface area contributed by atoms with E-state index in [4.69, 9.17) is 14.8 Å². The number of alkyl halides is 3. The lowest BCUT2D eigenvalue weighted by atomic mass is 10.2. The van der Waals surface area contributed by atoms with Gasteiger partial charge in [-0.3, -0.25) is 0 Å². The fourth-order valence-corrected chi connectivity index (χ4v) is 4.15. The summed E-state index contributed by atoms with van der Waals surface area (Å²) in [6.07, 6.45) is 0.470. The van der Waals surface area contributed by atoms with Crippen LogP contribution in [0.15, 0.2) is 97.5 Å². The van der Waals surface area contributed by atoms with E-state index in [-0.39, 0.29) is 6.61 Å². The first-order chi connectivity index (χ1) is 19.0. The van der Waals surface area contributed by atoms with Crippen LogP contribution in [0.4, 0.5) is 13.2 Å². The molecule has 0 N–H and O–H groups in total. The van der Waals surface area contributed by atoms with Crippen molar-refractivity contribution >= 4 is 10.9 Å². The molecule has 0 amide bonds. The zero-order valence-electron chi connectivity index (χ0n) is 20.3. The van der Waals surface area contributed by atoms with Crippen molar-refractivity contribution in [2.75, 3.05) is 0 Å². The molecule has 8 nitrogen and oxygen atoms in total. The van der Waals surface area contributed by atoms with E-state index in [9.17, 15) is 13.2 Å². The Labute approximate surface area is 220 Å². The Hall–Kier alpha value is -4.90. The second-order valence-corrected chi connectivity index (χ2v) is 8.71. The van der Waals surface area contributed by atoms with Crippen molar-refractivity contribution in [3.8, 4) is 22.8 Å². The summed E-state index contributed by atoms with van der Waals surface area (Å²) in [5, 5.41) is 18.2. The molecule has 3 heterocycles. The van der Waals surface area contributed by atoms with E-state index < -0.39 is 11.7 Å². The SMILES string of the molecule is FC(F)(F)c1ccc(-n2cc(-c3nc(COCc4ccccc4)nn3-c3cnnc4ccccc34)cn2)cc1. The third kappa shape index (κ3) is 5.12. The minimum Gasteiger partial charge on any atom is -0.369 e. The lowest BCUT2D eigenvalue weighted by molar-refractivity contribution is -0.137. The molecule has 0 aliphatic heterocycles. The van der Waals surface area contributed by atoms with Gasteiger partial charge in [0.2, 0.25) is 0 Å². The molecule has 0 aliphatic rings. The van der Waals surface area contributed by atoms with E-state index in [1.165, 1.54) is 16.8 Å². The second kappa shape index (κ2) is 10.1. The van der Waals surface area contributed by atoms with Gasteiger partial charge in [0.1, 0.15) is 6.61 Å². The van der Waals surface area contributed by atoms with E-state index in [2.05, 4.69) is 15.3 Å². The average molecular weight is 528 g/mol. The van der Waals surface area contributed by atoms with Gasteiger partial charge >= 0.3 is 6.18 Å². The van der Waals surface area contributed by atoms with Crippen LogP contribution in [0.2, 0.25) is 0 Å². The minimum absolute atomic E-state index is 0.165. The highest BCUT2D eigenvalue weighted by atomic mass is 19.4. The summed E-state index contributed by atoms with van der Waals surface area (Å²) in [5.41, 5.74) is 2.74.